The monoisotopic (exact) mass is 384 g/mol. The first-order valence-corrected chi connectivity index (χ1v) is 11.0. The zero-order valence-corrected chi connectivity index (χ0v) is 17.3. The molecule has 1 amide bonds. The van der Waals surface area contributed by atoms with E-state index >= 15 is 0 Å². The lowest BCUT2D eigenvalue weighted by Crippen LogP contribution is -2.65. The molecule has 1 aromatic carbocycles. The van der Waals surface area contributed by atoms with Gasteiger partial charge >= 0.3 is 0 Å². The Morgan fingerprint density at radius 1 is 1.25 bits per heavy atom. The number of phenolic OH excluding ortho intramolecular Hbond substituents is 1. The van der Waals surface area contributed by atoms with Gasteiger partial charge in [0.25, 0.3) is 0 Å². The maximum Gasteiger partial charge on any atom is 0.227 e. The molecule has 1 aromatic rings. The van der Waals surface area contributed by atoms with Gasteiger partial charge in [0.1, 0.15) is 0 Å². The van der Waals surface area contributed by atoms with Crippen LogP contribution in [0.25, 0.3) is 0 Å². The third-order valence-corrected chi connectivity index (χ3v) is 8.54. The topological polar surface area (TPSA) is 53.0 Å². The van der Waals surface area contributed by atoms with Gasteiger partial charge in [0, 0.05) is 23.9 Å². The van der Waals surface area contributed by atoms with Crippen LogP contribution in [-0.4, -0.2) is 48.2 Å². The van der Waals surface area contributed by atoms with Crippen molar-refractivity contribution in [2.75, 3.05) is 25.1 Å². The third-order valence-electron chi connectivity index (χ3n) is 8.54. The van der Waals surface area contributed by atoms with E-state index in [0.29, 0.717) is 23.6 Å². The molecule has 4 unspecified atom stereocenters. The number of carbonyl (C=O) groups excluding carboxylic acids is 1. The first-order valence-electron chi connectivity index (χ1n) is 11.0. The highest BCUT2D eigenvalue weighted by molar-refractivity contribution is 6.00. The number of hydrogen-bond donors (Lipinski definition) is 1. The average Bonchev–Trinajstić information content (AvgIpc) is 3.26. The van der Waals surface area contributed by atoms with Gasteiger partial charge in [-0.05, 0) is 68.7 Å². The molecule has 3 aliphatic heterocycles. The Hall–Kier alpha value is -1.75. The van der Waals surface area contributed by atoms with Gasteiger partial charge in [-0.25, -0.2) is 0 Å². The molecular formula is C23H32N2O3. The van der Waals surface area contributed by atoms with Crippen molar-refractivity contribution in [1.29, 1.82) is 0 Å². The van der Waals surface area contributed by atoms with E-state index in [1.54, 1.807) is 7.11 Å². The Bertz CT molecular complexity index is 824. The van der Waals surface area contributed by atoms with Gasteiger partial charge in [-0.3, -0.25) is 9.69 Å². The number of methoxy groups -OCH3 is 1. The summed E-state index contributed by atoms with van der Waals surface area (Å²) in [6, 6.07) is 4.67. The highest BCUT2D eigenvalue weighted by Crippen LogP contribution is 2.67. The van der Waals surface area contributed by atoms with Gasteiger partial charge in [-0.1, -0.05) is 19.9 Å². The van der Waals surface area contributed by atoms with Crippen LogP contribution in [0.5, 0.6) is 11.5 Å². The van der Waals surface area contributed by atoms with Crippen LogP contribution in [-0.2, 0) is 10.2 Å². The summed E-state index contributed by atoms with van der Waals surface area (Å²) in [4.78, 5) is 17.8. The van der Waals surface area contributed by atoms with Crippen molar-refractivity contribution in [3.05, 3.63) is 17.7 Å². The molecule has 5 nitrogen and oxygen atoms in total. The predicted octanol–water partition coefficient (Wildman–Crippen LogP) is 3.82. The maximum atomic E-state index is 13.1. The van der Waals surface area contributed by atoms with E-state index in [1.165, 1.54) is 37.8 Å². The van der Waals surface area contributed by atoms with Gasteiger partial charge < -0.3 is 14.7 Å². The molecule has 4 atom stereocenters. The first kappa shape index (κ1) is 18.3. The second-order valence-corrected chi connectivity index (χ2v) is 9.23. The minimum Gasteiger partial charge on any atom is -0.503 e. The number of ether oxygens (including phenoxy) is 1. The molecule has 2 saturated heterocycles. The molecule has 152 valence electrons. The molecule has 1 aliphatic carbocycles. The predicted molar refractivity (Wildman–Crippen MR) is 109 cm³/mol. The van der Waals surface area contributed by atoms with Crippen LogP contribution in [0.1, 0.15) is 64.4 Å². The quantitative estimate of drug-likeness (QED) is 0.861. The van der Waals surface area contributed by atoms with Crippen LogP contribution >= 0.6 is 0 Å². The number of piperidine rings is 1. The van der Waals surface area contributed by atoms with Crippen LogP contribution in [0, 0.1) is 5.41 Å². The second-order valence-electron chi connectivity index (χ2n) is 9.23. The SMILES string of the molecule is CCC(=O)N1c2c(ccc(OC)c2O)C23CCN4CCCC(CC)(CCC12)C43. The number of benzene rings is 1. The number of aromatic hydroxyl groups is 1. The average molecular weight is 385 g/mol. The Labute approximate surface area is 167 Å². The van der Waals surface area contributed by atoms with E-state index < -0.39 is 0 Å². The van der Waals surface area contributed by atoms with Crippen LogP contribution < -0.4 is 9.64 Å². The number of nitrogens with zero attached hydrogens (tertiary/aromatic N) is 2. The summed E-state index contributed by atoms with van der Waals surface area (Å²) in [5.74, 6) is 0.717. The van der Waals surface area contributed by atoms with Gasteiger partial charge in [-0.2, -0.15) is 0 Å². The number of hydrogen-bond acceptors (Lipinski definition) is 4. The Morgan fingerprint density at radius 3 is 2.79 bits per heavy atom. The highest BCUT2D eigenvalue weighted by Gasteiger charge is 2.68. The minimum atomic E-state index is -0.0569. The van der Waals surface area contributed by atoms with Crippen LogP contribution in [0.15, 0.2) is 12.1 Å². The molecular weight excluding hydrogens is 352 g/mol. The summed E-state index contributed by atoms with van der Waals surface area (Å²) in [6.45, 7) is 6.54. The van der Waals surface area contributed by atoms with E-state index in [2.05, 4.69) is 17.9 Å². The lowest BCUT2D eigenvalue weighted by molar-refractivity contribution is -0.119. The number of rotatable bonds is 3. The summed E-state index contributed by atoms with van der Waals surface area (Å²) < 4.78 is 5.41. The third kappa shape index (κ3) is 1.99. The van der Waals surface area contributed by atoms with E-state index in [4.69, 9.17) is 4.74 Å². The van der Waals surface area contributed by atoms with E-state index in [-0.39, 0.29) is 23.1 Å². The molecule has 0 bridgehead atoms. The van der Waals surface area contributed by atoms with Crippen molar-refractivity contribution in [3.8, 4) is 11.5 Å². The molecule has 5 heteroatoms. The van der Waals surface area contributed by atoms with Gasteiger partial charge in [0.2, 0.25) is 5.91 Å². The number of carbonyl (C=O) groups is 1. The van der Waals surface area contributed by atoms with Gasteiger partial charge in [-0.15, -0.1) is 0 Å². The molecule has 1 spiro atoms. The van der Waals surface area contributed by atoms with Crippen LogP contribution in [0.3, 0.4) is 0 Å². The lowest BCUT2D eigenvalue weighted by atomic mass is 9.52. The van der Waals surface area contributed by atoms with E-state index in [9.17, 15) is 9.90 Å². The molecule has 3 fully saturated rings. The summed E-state index contributed by atoms with van der Waals surface area (Å²) in [6.07, 6.45) is 7.51. The van der Waals surface area contributed by atoms with Crippen LogP contribution in [0.2, 0.25) is 0 Å². The van der Waals surface area contributed by atoms with Crippen molar-refractivity contribution >= 4 is 11.6 Å². The van der Waals surface area contributed by atoms with Crippen molar-refractivity contribution in [1.82, 2.24) is 4.90 Å². The number of amides is 1. The molecule has 0 radical (unpaired) electrons. The normalized spacial score (nSPS) is 36.0. The molecule has 1 N–H and O–H groups in total. The second kappa shape index (κ2) is 6.12. The molecule has 1 saturated carbocycles. The fourth-order valence-corrected chi connectivity index (χ4v) is 7.50. The molecule has 4 aliphatic rings. The first-order chi connectivity index (χ1) is 13.5. The number of phenols is 1. The molecule has 3 heterocycles. The molecule has 0 aromatic heterocycles. The Balaban J connectivity index is 1.76. The van der Waals surface area contributed by atoms with E-state index in [0.717, 1.165) is 25.1 Å². The highest BCUT2D eigenvalue weighted by atomic mass is 16.5. The van der Waals surface area contributed by atoms with E-state index in [1.807, 2.05) is 17.9 Å². The van der Waals surface area contributed by atoms with Gasteiger partial charge in [0.15, 0.2) is 11.5 Å². The largest absolute Gasteiger partial charge is 0.503 e. The lowest BCUT2D eigenvalue weighted by Gasteiger charge is -2.58. The fraction of sp³-hybridized carbons (Fsp3) is 0.696. The Morgan fingerprint density at radius 2 is 2.07 bits per heavy atom. The number of anilines is 1. The molecule has 28 heavy (non-hydrogen) atoms. The zero-order valence-electron chi connectivity index (χ0n) is 17.3. The van der Waals surface area contributed by atoms with Crippen molar-refractivity contribution in [2.24, 2.45) is 5.41 Å². The smallest absolute Gasteiger partial charge is 0.227 e. The van der Waals surface area contributed by atoms with Crippen molar-refractivity contribution in [3.63, 3.8) is 0 Å². The summed E-state index contributed by atoms with van der Waals surface area (Å²) in [7, 11) is 1.58. The fourth-order valence-electron chi connectivity index (χ4n) is 7.50. The summed E-state index contributed by atoms with van der Waals surface area (Å²) >= 11 is 0. The summed E-state index contributed by atoms with van der Waals surface area (Å²) in [5, 5.41) is 11.1. The molecule has 5 rings (SSSR count). The zero-order chi connectivity index (χ0) is 19.7. The number of fused-ring (bicyclic) bond motifs is 1. The van der Waals surface area contributed by atoms with Crippen molar-refractivity contribution < 1.29 is 14.6 Å². The van der Waals surface area contributed by atoms with Crippen LogP contribution in [0.4, 0.5) is 5.69 Å². The standard InChI is InChI=1S/C23H32N2O3/c1-4-18(26)25-17-9-11-22(5-2)10-6-13-24-14-12-23(17,21(22)24)15-7-8-16(28-3)20(27)19(15)25/h7-8,17,21,27H,4-6,9-14H2,1-3H3. The minimum absolute atomic E-state index is 0.0569. The Kier molecular flexibility index (Phi) is 4.00. The summed E-state index contributed by atoms with van der Waals surface area (Å²) in [5.41, 5.74) is 2.20. The van der Waals surface area contributed by atoms with Crippen molar-refractivity contribution in [2.45, 2.75) is 76.3 Å². The van der Waals surface area contributed by atoms with Gasteiger partial charge in [0.05, 0.1) is 12.8 Å². The maximum absolute atomic E-state index is 13.1.